The van der Waals surface area contributed by atoms with Crippen molar-refractivity contribution in [2.75, 3.05) is 20.8 Å². The Morgan fingerprint density at radius 1 is 0.914 bits per heavy atom. The van der Waals surface area contributed by atoms with E-state index in [1.807, 2.05) is 0 Å². The van der Waals surface area contributed by atoms with Gasteiger partial charge in [0.05, 0.1) is 20.8 Å². The molecule has 12 nitrogen and oxygen atoms in total. The van der Waals surface area contributed by atoms with Crippen LogP contribution in [-0.4, -0.2) is 82.2 Å². The normalized spacial score (nSPS) is 24.3. The van der Waals surface area contributed by atoms with Crippen LogP contribution in [0.15, 0.2) is 39.5 Å². The molecule has 1 aromatic heterocycles. The summed E-state index contributed by atoms with van der Waals surface area (Å²) in [4.78, 5) is 12.8. The highest BCUT2D eigenvalue weighted by Gasteiger charge is 2.44. The van der Waals surface area contributed by atoms with Crippen LogP contribution in [0.25, 0.3) is 22.3 Å². The first kappa shape index (κ1) is 24.6. The van der Waals surface area contributed by atoms with Gasteiger partial charge in [0.25, 0.3) is 0 Å². The fraction of sp³-hybridized carbons (Fsp3) is 0.348. The Morgan fingerprint density at radius 2 is 1.57 bits per heavy atom. The first-order chi connectivity index (χ1) is 16.7. The molecule has 1 aliphatic heterocycles. The number of fused-ring (bicyclic) bond motifs is 1. The summed E-state index contributed by atoms with van der Waals surface area (Å²) >= 11 is 0. The van der Waals surface area contributed by atoms with E-state index in [9.17, 15) is 35.4 Å². The van der Waals surface area contributed by atoms with Crippen LogP contribution in [0.3, 0.4) is 0 Å². The van der Waals surface area contributed by atoms with Crippen LogP contribution in [0.5, 0.6) is 28.7 Å². The molecule has 2 heterocycles. The summed E-state index contributed by atoms with van der Waals surface area (Å²) < 4.78 is 26.9. The molecule has 6 N–H and O–H groups in total. The average Bonchev–Trinajstić information content (AvgIpc) is 2.84. The number of aromatic hydroxyl groups is 2. The van der Waals surface area contributed by atoms with Gasteiger partial charge in [0.2, 0.25) is 12.0 Å². The number of benzene rings is 2. The minimum Gasteiger partial charge on any atom is -0.507 e. The molecule has 0 radical (unpaired) electrons. The molecule has 0 amide bonds. The van der Waals surface area contributed by atoms with Gasteiger partial charge in [-0.1, -0.05) is 0 Å². The van der Waals surface area contributed by atoms with Crippen molar-refractivity contribution < 1.29 is 54.0 Å². The second kappa shape index (κ2) is 9.60. The van der Waals surface area contributed by atoms with E-state index in [1.54, 1.807) is 0 Å². The van der Waals surface area contributed by atoms with E-state index in [1.165, 1.54) is 32.4 Å². The lowest BCUT2D eigenvalue weighted by molar-refractivity contribution is -0.277. The van der Waals surface area contributed by atoms with Gasteiger partial charge in [0.1, 0.15) is 52.6 Å². The molecule has 0 aliphatic carbocycles. The second-order valence-corrected chi connectivity index (χ2v) is 7.83. The summed E-state index contributed by atoms with van der Waals surface area (Å²) in [6, 6.07) is 6.35. The fourth-order valence-electron chi connectivity index (χ4n) is 3.79. The van der Waals surface area contributed by atoms with Gasteiger partial charge in [-0.05, 0) is 12.1 Å². The molecule has 188 valence electrons. The van der Waals surface area contributed by atoms with Crippen molar-refractivity contribution in [3.8, 4) is 40.1 Å². The first-order valence-corrected chi connectivity index (χ1v) is 10.4. The predicted octanol–water partition coefficient (Wildman–Crippen LogP) is 0.0671. The molecule has 1 saturated heterocycles. The lowest BCUT2D eigenvalue weighted by Gasteiger charge is -2.39. The monoisotopic (exact) mass is 492 g/mol. The highest BCUT2D eigenvalue weighted by Crippen LogP contribution is 2.41. The number of ether oxygens (including phenoxy) is 4. The molecule has 0 spiro atoms. The van der Waals surface area contributed by atoms with Gasteiger partial charge in [0.15, 0.2) is 16.9 Å². The number of methoxy groups -OCH3 is 2. The van der Waals surface area contributed by atoms with Crippen LogP contribution in [0, 0.1) is 0 Å². The summed E-state index contributed by atoms with van der Waals surface area (Å²) in [7, 11) is 2.69. The van der Waals surface area contributed by atoms with Crippen molar-refractivity contribution in [2.24, 2.45) is 0 Å². The zero-order chi connectivity index (χ0) is 25.4. The van der Waals surface area contributed by atoms with Crippen molar-refractivity contribution in [3.63, 3.8) is 0 Å². The molecule has 4 rings (SSSR count). The number of hydrogen-bond acceptors (Lipinski definition) is 12. The third-order valence-electron chi connectivity index (χ3n) is 5.65. The van der Waals surface area contributed by atoms with Gasteiger partial charge in [-0.15, -0.1) is 0 Å². The maximum atomic E-state index is 12.8. The Morgan fingerprint density at radius 3 is 2.17 bits per heavy atom. The first-order valence-electron chi connectivity index (χ1n) is 10.4. The summed E-state index contributed by atoms with van der Waals surface area (Å²) in [5.41, 5.74) is -0.336. The highest BCUT2D eigenvalue weighted by molar-refractivity contribution is 5.86. The molecule has 5 atom stereocenters. The number of phenolic OH excluding ortho intramolecular Hbond substituents is 2. The van der Waals surface area contributed by atoms with Gasteiger partial charge in [-0.2, -0.15) is 0 Å². The topological polar surface area (TPSA) is 189 Å². The maximum Gasteiger partial charge on any atom is 0.229 e. The van der Waals surface area contributed by atoms with Crippen LogP contribution in [0.4, 0.5) is 0 Å². The van der Waals surface area contributed by atoms with Gasteiger partial charge in [0, 0.05) is 23.8 Å². The zero-order valence-corrected chi connectivity index (χ0v) is 18.6. The molecule has 12 heteroatoms. The number of phenols is 2. The quantitative estimate of drug-likeness (QED) is 0.272. The molecule has 1 fully saturated rings. The Hall–Kier alpha value is -3.55. The van der Waals surface area contributed by atoms with Crippen LogP contribution in [-0.2, 0) is 4.74 Å². The number of hydrogen-bond donors (Lipinski definition) is 6. The zero-order valence-electron chi connectivity index (χ0n) is 18.6. The lowest BCUT2D eigenvalue weighted by atomic mass is 9.99. The maximum absolute atomic E-state index is 12.8. The molecule has 2 aromatic carbocycles. The van der Waals surface area contributed by atoms with E-state index < -0.39 is 48.5 Å². The summed E-state index contributed by atoms with van der Waals surface area (Å²) in [5.74, 6) is -0.615. The van der Waals surface area contributed by atoms with Crippen molar-refractivity contribution >= 4 is 11.0 Å². The minimum absolute atomic E-state index is 0.0588. The van der Waals surface area contributed by atoms with E-state index in [0.717, 1.165) is 12.1 Å². The van der Waals surface area contributed by atoms with Crippen molar-refractivity contribution in [2.45, 2.75) is 30.7 Å². The fourth-order valence-corrected chi connectivity index (χ4v) is 3.79. The summed E-state index contributed by atoms with van der Waals surface area (Å²) in [6.45, 7) is -0.647. The average molecular weight is 492 g/mol. The number of aliphatic hydroxyl groups excluding tert-OH is 4. The Kier molecular flexibility index (Phi) is 6.74. The predicted molar refractivity (Wildman–Crippen MR) is 119 cm³/mol. The number of aliphatic hydroxyl groups is 4. The van der Waals surface area contributed by atoms with Crippen molar-refractivity contribution in [1.82, 2.24) is 0 Å². The van der Waals surface area contributed by atoms with Gasteiger partial charge in [-0.3, -0.25) is 4.79 Å². The van der Waals surface area contributed by atoms with E-state index in [0.29, 0.717) is 5.56 Å². The lowest BCUT2D eigenvalue weighted by Crippen LogP contribution is -2.60. The Bertz CT molecular complexity index is 1260. The third-order valence-corrected chi connectivity index (χ3v) is 5.65. The van der Waals surface area contributed by atoms with Crippen molar-refractivity contribution in [1.29, 1.82) is 0 Å². The molecule has 5 unspecified atom stereocenters. The van der Waals surface area contributed by atoms with Crippen LogP contribution >= 0.6 is 0 Å². The standard InChI is InChI=1S/C23H24O12/c1-31-15-3-9(4-16(32-2)19(15)27)13-7-12(26)18-11(25)5-10(6-14(18)34-13)33-23-22(30)21(29)20(28)17(8-24)35-23/h3-7,17,20-25,27-30H,8H2,1-2H3. The van der Waals surface area contributed by atoms with E-state index >= 15 is 0 Å². The molecule has 3 aromatic rings. The van der Waals surface area contributed by atoms with E-state index in [4.69, 9.17) is 23.4 Å². The number of rotatable bonds is 6. The van der Waals surface area contributed by atoms with E-state index in [-0.39, 0.29) is 39.7 Å². The molecule has 0 saturated carbocycles. The van der Waals surface area contributed by atoms with Gasteiger partial charge >= 0.3 is 0 Å². The molecular weight excluding hydrogens is 468 g/mol. The van der Waals surface area contributed by atoms with Gasteiger partial charge in [-0.25, -0.2) is 0 Å². The van der Waals surface area contributed by atoms with Gasteiger partial charge < -0.3 is 54.0 Å². The Balaban J connectivity index is 1.75. The molecular formula is C23H24O12. The minimum atomic E-state index is -1.68. The van der Waals surface area contributed by atoms with Crippen molar-refractivity contribution in [3.05, 3.63) is 40.6 Å². The Labute approximate surface area is 197 Å². The molecule has 1 aliphatic rings. The second-order valence-electron chi connectivity index (χ2n) is 7.83. The summed E-state index contributed by atoms with van der Waals surface area (Å²) in [6.07, 6.45) is -7.62. The smallest absolute Gasteiger partial charge is 0.229 e. The third kappa shape index (κ3) is 4.45. The van der Waals surface area contributed by atoms with Crippen LogP contribution < -0.4 is 19.6 Å². The highest BCUT2D eigenvalue weighted by atomic mass is 16.7. The molecule has 35 heavy (non-hydrogen) atoms. The SMILES string of the molecule is COc1cc(-c2cc(=O)c3c(O)cc(OC4OC(CO)C(O)C(O)C4O)cc3o2)cc(OC)c1O. The molecule has 0 bridgehead atoms. The van der Waals surface area contributed by atoms with Crippen LogP contribution in [0.2, 0.25) is 0 Å². The largest absolute Gasteiger partial charge is 0.507 e. The van der Waals surface area contributed by atoms with E-state index in [2.05, 4.69) is 0 Å². The summed E-state index contributed by atoms with van der Waals surface area (Å²) in [5, 5.41) is 59.8. The van der Waals surface area contributed by atoms with Crippen LogP contribution in [0.1, 0.15) is 0 Å².